The molecule has 0 aromatic carbocycles. The summed E-state index contributed by atoms with van der Waals surface area (Å²) in [5, 5.41) is 28.6. The lowest BCUT2D eigenvalue weighted by Gasteiger charge is -2.16. The maximum atomic E-state index is 9.91. The number of aliphatic hydroxyl groups excluding tert-OH is 3. The van der Waals surface area contributed by atoms with E-state index < -0.39 is 33.1 Å². The Morgan fingerprint density at radius 1 is 1.27 bits per heavy atom. The summed E-state index contributed by atoms with van der Waals surface area (Å²) < 4.78 is 6.91. The Morgan fingerprint density at radius 2 is 1.95 bits per heavy atom. The molecule has 3 heterocycles. The quantitative estimate of drug-likeness (QED) is 0.324. The van der Waals surface area contributed by atoms with E-state index in [4.69, 9.17) is 19.6 Å². The minimum Gasteiger partial charge on any atom is -0.394 e. The topological polar surface area (TPSA) is 180 Å². The number of aromatic nitrogens is 4. The zero-order valence-corrected chi connectivity index (χ0v) is 12.1. The lowest BCUT2D eigenvalue weighted by atomic mass is 10.1. The van der Waals surface area contributed by atoms with Gasteiger partial charge in [0.25, 0.3) is 0 Å². The number of hydrogen-bond donors (Lipinski definition) is 6. The maximum absolute atomic E-state index is 9.91. The molecule has 0 bridgehead atoms. The van der Waals surface area contributed by atoms with E-state index in [2.05, 4.69) is 20.5 Å². The van der Waals surface area contributed by atoms with Gasteiger partial charge in [-0.05, 0) is 0 Å². The molecule has 0 amide bonds. The first-order chi connectivity index (χ1) is 10.5. The van der Waals surface area contributed by atoms with Gasteiger partial charge in [-0.1, -0.05) is 0 Å². The summed E-state index contributed by atoms with van der Waals surface area (Å²) in [6.07, 6.45) is 0.442. The zero-order chi connectivity index (χ0) is 16.3. The Balaban J connectivity index is 0.000000396. The van der Waals surface area contributed by atoms with Crippen LogP contribution in [0.1, 0.15) is 6.23 Å². The van der Waals surface area contributed by atoms with Crippen molar-refractivity contribution < 1.29 is 29.8 Å². The van der Waals surface area contributed by atoms with E-state index in [0.29, 0.717) is 11.2 Å². The molecule has 0 unspecified atom stereocenters. The van der Waals surface area contributed by atoms with Crippen LogP contribution in [0, 0.1) is 0 Å². The second-order valence-electron chi connectivity index (χ2n) is 4.43. The van der Waals surface area contributed by atoms with Gasteiger partial charge < -0.3 is 29.8 Å². The first kappa shape index (κ1) is 17.1. The van der Waals surface area contributed by atoms with Crippen molar-refractivity contribution >= 4 is 19.7 Å². The summed E-state index contributed by atoms with van der Waals surface area (Å²) in [5.74, 6) is 0. The molecule has 1 saturated heterocycles. The molecule has 7 N–H and O–H groups in total. The number of rotatable bonds is 2. The van der Waals surface area contributed by atoms with Crippen LogP contribution in [0.15, 0.2) is 18.9 Å². The summed E-state index contributed by atoms with van der Waals surface area (Å²) >= 11 is 0. The Hall–Kier alpha value is -1.30. The summed E-state index contributed by atoms with van der Waals surface area (Å²) in [5.41, 5.74) is 5.35. The third kappa shape index (κ3) is 3.54. The minimum atomic E-state index is -2.12. The van der Waals surface area contributed by atoms with Crippen LogP contribution in [-0.2, 0) is 4.74 Å². The van der Waals surface area contributed by atoms with Crippen molar-refractivity contribution in [2.75, 3.05) is 6.61 Å². The van der Waals surface area contributed by atoms with Gasteiger partial charge in [-0.2, -0.15) is 0 Å². The highest BCUT2D eigenvalue weighted by molar-refractivity contribution is 7.42. The van der Waals surface area contributed by atoms with Gasteiger partial charge in [0.1, 0.15) is 30.2 Å². The van der Waals surface area contributed by atoms with E-state index in [9.17, 15) is 10.2 Å². The third-order valence-electron chi connectivity index (χ3n) is 3.03. The molecule has 0 radical (unpaired) electrons. The minimum absolute atomic E-state index is 0.365. The Morgan fingerprint density at radius 3 is 2.55 bits per heavy atom. The van der Waals surface area contributed by atoms with E-state index in [1.807, 2.05) is 0 Å². The fourth-order valence-corrected chi connectivity index (χ4v) is 2.08. The van der Waals surface area contributed by atoms with E-state index in [1.165, 1.54) is 17.2 Å². The van der Waals surface area contributed by atoms with Gasteiger partial charge in [0, 0.05) is 0 Å². The predicted molar refractivity (Wildman–Crippen MR) is 73.9 cm³/mol. The van der Waals surface area contributed by atoms with Crippen molar-refractivity contribution in [1.29, 1.82) is 0 Å². The second-order valence-corrected chi connectivity index (χ2v) is 5.07. The van der Waals surface area contributed by atoms with Gasteiger partial charge >= 0.3 is 0 Å². The van der Waals surface area contributed by atoms with Crippen LogP contribution in [0.2, 0.25) is 0 Å². The molecule has 1 fully saturated rings. The van der Waals surface area contributed by atoms with Crippen LogP contribution >= 0.6 is 8.53 Å². The molecule has 3 rings (SSSR count). The predicted octanol–water partition coefficient (Wildman–Crippen LogP) is -2.41. The van der Waals surface area contributed by atoms with Crippen molar-refractivity contribution in [2.45, 2.75) is 24.5 Å². The van der Waals surface area contributed by atoms with Crippen LogP contribution in [0.4, 0.5) is 0 Å². The number of aliphatic hydroxyl groups is 3. The number of fused-ring (bicyclic) bond motifs is 1. The van der Waals surface area contributed by atoms with Crippen LogP contribution < -0.4 is 5.50 Å². The Kier molecular flexibility index (Phi) is 5.67. The highest BCUT2D eigenvalue weighted by atomic mass is 31.2. The number of ether oxygens (including phenoxy) is 1. The molecule has 1 aliphatic heterocycles. The molecule has 122 valence electrons. The average molecular weight is 333 g/mol. The number of imidazole rings is 1. The lowest BCUT2D eigenvalue weighted by molar-refractivity contribution is -0.0511. The standard InChI is InChI=1S/C10H12N4O4.H4NO2P/c15-2-6-7(16)8(17)10(18-6)14-4-13-5-1-11-3-12-9(5)14;1-4(2)3/h1,3-4,6-8,10,15-17H,2H2;2-3H,1H2/t6-,7-,8-,10-;/m1./s1. The van der Waals surface area contributed by atoms with E-state index in [-0.39, 0.29) is 6.61 Å². The summed E-state index contributed by atoms with van der Waals surface area (Å²) in [4.78, 5) is 26.9. The highest BCUT2D eigenvalue weighted by Gasteiger charge is 2.43. The molecule has 22 heavy (non-hydrogen) atoms. The maximum Gasteiger partial charge on any atom is 0.247 e. The smallest absolute Gasteiger partial charge is 0.247 e. The third-order valence-corrected chi connectivity index (χ3v) is 3.03. The zero-order valence-electron chi connectivity index (χ0n) is 11.2. The molecule has 0 spiro atoms. The molecule has 0 saturated carbocycles. The van der Waals surface area contributed by atoms with Crippen molar-refractivity contribution in [3.63, 3.8) is 0 Å². The molecule has 4 atom stereocenters. The van der Waals surface area contributed by atoms with Crippen LogP contribution in [0.25, 0.3) is 11.2 Å². The first-order valence-corrected chi connectivity index (χ1v) is 7.45. The van der Waals surface area contributed by atoms with Crippen molar-refractivity contribution in [3.8, 4) is 0 Å². The summed E-state index contributed by atoms with van der Waals surface area (Å²) in [6.45, 7) is -0.365. The molecular formula is C10H16N5O6P. The largest absolute Gasteiger partial charge is 0.394 e. The van der Waals surface area contributed by atoms with Crippen molar-refractivity contribution in [2.24, 2.45) is 5.50 Å². The molecule has 0 aliphatic carbocycles. The number of nitrogens with two attached hydrogens (primary N) is 1. The molecular weight excluding hydrogens is 317 g/mol. The summed E-state index contributed by atoms with van der Waals surface area (Å²) in [7, 11) is -2.12. The highest BCUT2D eigenvalue weighted by Crippen LogP contribution is 2.30. The Bertz CT molecular complexity index is 610. The van der Waals surface area contributed by atoms with Crippen molar-refractivity contribution in [3.05, 3.63) is 18.9 Å². The van der Waals surface area contributed by atoms with Crippen LogP contribution in [-0.4, -0.2) is 69.5 Å². The van der Waals surface area contributed by atoms with E-state index in [0.717, 1.165) is 0 Å². The fourth-order valence-electron chi connectivity index (χ4n) is 2.08. The van der Waals surface area contributed by atoms with E-state index >= 15 is 0 Å². The lowest BCUT2D eigenvalue weighted by Crippen LogP contribution is -2.33. The van der Waals surface area contributed by atoms with Gasteiger partial charge in [-0.15, -0.1) is 0 Å². The van der Waals surface area contributed by atoms with Gasteiger partial charge in [0.2, 0.25) is 8.53 Å². The van der Waals surface area contributed by atoms with Crippen molar-refractivity contribution in [1.82, 2.24) is 19.5 Å². The molecule has 11 nitrogen and oxygen atoms in total. The average Bonchev–Trinajstić information content (AvgIpc) is 3.01. The van der Waals surface area contributed by atoms with Gasteiger partial charge in [-0.3, -0.25) is 10.1 Å². The SMILES string of the molecule is NP(O)O.OC[C@H]1O[C@@H](n2cnc3cncnc32)[C@H](O)[C@@H]1O. The summed E-state index contributed by atoms with van der Waals surface area (Å²) in [6, 6.07) is 0. The second kappa shape index (κ2) is 7.31. The van der Waals surface area contributed by atoms with Crippen LogP contribution in [0.5, 0.6) is 0 Å². The number of nitrogens with zero attached hydrogens (tertiary/aromatic N) is 4. The number of hydrogen-bond acceptors (Lipinski definition) is 10. The first-order valence-electron chi connectivity index (χ1n) is 6.13. The monoisotopic (exact) mass is 333 g/mol. The Labute approximate surface area is 125 Å². The van der Waals surface area contributed by atoms with Crippen LogP contribution in [0.3, 0.4) is 0 Å². The molecule has 12 heteroatoms. The van der Waals surface area contributed by atoms with Gasteiger partial charge in [0.05, 0.1) is 19.1 Å². The van der Waals surface area contributed by atoms with E-state index in [1.54, 1.807) is 6.20 Å². The molecule has 2 aromatic rings. The fraction of sp³-hybridized carbons (Fsp3) is 0.500. The normalized spacial score (nSPS) is 28.0. The molecule has 2 aromatic heterocycles. The van der Waals surface area contributed by atoms with Gasteiger partial charge in [-0.25, -0.2) is 15.0 Å². The molecule has 1 aliphatic rings. The van der Waals surface area contributed by atoms with Gasteiger partial charge in [0.15, 0.2) is 11.9 Å².